The van der Waals surface area contributed by atoms with Crippen molar-refractivity contribution in [2.24, 2.45) is 0 Å². The number of nitrogens with zero attached hydrogens (tertiary/aromatic N) is 15. The molecule has 2 N–H and O–H groups in total. The van der Waals surface area contributed by atoms with Crippen molar-refractivity contribution < 1.29 is 9.97 Å². The number of hydrogen-bond acceptors (Lipinski definition) is 10. The quantitative estimate of drug-likeness (QED) is 0.135. The molecule has 90 heavy (non-hydrogen) atoms. The van der Waals surface area contributed by atoms with Crippen molar-refractivity contribution in [3.63, 3.8) is 0 Å². The first-order valence-corrected chi connectivity index (χ1v) is 31.5. The number of aromatic nitrogens is 17. The predicted molar refractivity (Wildman–Crippen MR) is 354 cm³/mol. The molecule has 0 aliphatic heterocycles. The Balaban J connectivity index is 0.000000137. The molecule has 15 rings (SSSR count). The number of imidazole rings is 5. The third-order valence-corrected chi connectivity index (χ3v) is 16.6. The predicted octanol–water partition coefficient (Wildman–Crippen LogP) is 6.89. The van der Waals surface area contributed by atoms with Gasteiger partial charge in [0.1, 0.15) is 0 Å². The molecule has 0 bridgehead atoms. The molecule has 19 nitrogen and oxygen atoms in total. The molecule has 0 saturated carbocycles. The van der Waals surface area contributed by atoms with Gasteiger partial charge in [-0.3, -0.25) is 0 Å². The maximum atomic E-state index is 12.0. The van der Waals surface area contributed by atoms with Gasteiger partial charge in [-0.05, 0) is 23.2 Å². The van der Waals surface area contributed by atoms with E-state index in [4.69, 9.17) is 9.97 Å². The Morgan fingerprint density at radius 1 is 0.433 bits per heavy atom. The number of pyridine rings is 4. The molecule has 0 amide bonds. The van der Waals surface area contributed by atoms with Crippen LogP contribution in [0.4, 0.5) is 0 Å². The summed E-state index contributed by atoms with van der Waals surface area (Å²) in [4.78, 5) is 71.8. The van der Waals surface area contributed by atoms with Gasteiger partial charge in [-0.2, -0.15) is 0 Å². The summed E-state index contributed by atoms with van der Waals surface area (Å²) in [7, 11) is 0. The van der Waals surface area contributed by atoms with E-state index in [9.17, 15) is 9.59 Å². The number of nitrogens with one attached hydrogen (secondary N) is 2. The minimum atomic E-state index is -0.477. The number of aromatic amines is 2. The van der Waals surface area contributed by atoms with Crippen molar-refractivity contribution in [2.45, 2.75) is 0 Å². The van der Waals surface area contributed by atoms with E-state index in [1.807, 2.05) is 201 Å². The van der Waals surface area contributed by atoms with Crippen LogP contribution in [0, 0.1) is 0 Å². The van der Waals surface area contributed by atoms with Crippen LogP contribution in [0.25, 0.3) is 103 Å². The molecule has 0 unspecified atom stereocenters. The van der Waals surface area contributed by atoms with Crippen LogP contribution in [0.3, 0.4) is 0 Å². The second-order valence-electron chi connectivity index (χ2n) is 19.1. The van der Waals surface area contributed by atoms with Gasteiger partial charge in [-0.1, -0.05) is 36.7 Å². The maximum absolute atomic E-state index is 12.0. The van der Waals surface area contributed by atoms with Gasteiger partial charge in [0.15, 0.2) is 12.4 Å². The summed E-state index contributed by atoms with van der Waals surface area (Å²) in [5.41, 5.74) is 10.8. The Bertz CT molecular complexity index is 4630. The Labute approximate surface area is 567 Å². The zero-order valence-electron chi connectivity index (χ0n) is 48.6. The standard InChI is InChI=1S/C20H15N3O.C18H13N4.C12H8N3.C8H6N4O.C8H6N3.Be.3Ga.Mg.3H/c24-19-13-7-12-17(21-19)18-14-23(16-10-5-2-6-11-16)20(22-18)15-8-3-1-4-9-15;1-3-7-14(8-4-1)18-21-16(17-19-11-12-20-17)13-22(18)15-9-5-2-6-10-15;1-2-6-10-9(5-1)14-12(15-10)11-7-3-4-8-13-11;13-8-11-5-10-7(12-8)6-3-1-2-4-9-6;1-2-4-9-7(3-1)8-10-5-6-11-8;;;;;;;;/h1-14H,(H,21,24);1-13H;1-8H;1-5H,(H,10,11,12,13);1-6H;;;;;;;;/q;2*-1;;-1;+2;3*+1;+2;;;. The van der Waals surface area contributed by atoms with E-state index in [2.05, 4.69) is 105 Å². The van der Waals surface area contributed by atoms with Crippen LogP contribution in [0.15, 0.2) is 290 Å². The maximum Gasteiger partial charge on any atom is 2.00 e. The van der Waals surface area contributed by atoms with Crippen LogP contribution in [0.1, 0.15) is 0 Å². The van der Waals surface area contributed by atoms with Crippen molar-refractivity contribution >= 4 is 101 Å². The van der Waals surface area contributed by atoms with E-state index in [1.54, 1.807) is 37.3 Å². The molecule has 3 radical (unpaired) electrons. The molecule has 0 aliphatic carbocycles. The minimum Gasteiger partial charge on any atom is -0.437 e. The van der Waals surface area contributed by atoms with E-state index in [-0.39, 0.29) is 38.7 Å². The summed E-state index contributed by atoms with van der Waals surface area (Å²) >= 11 is 2.55. The molecular formula is C66H51BeGa3MgN17O2+4. The van der Waals surface area contributed by atoms with Gasteiger partial charge in [0.05, 0.1) is 0 Å². The molecule has 421 valence electrons. The smallest absolute Gasteiger partial charge is 0.437 e. The molecule has 0 saturated heterocycles. The van der Waals surface area contributed by atoms with Crippen molar-refractivity contribution in [1.82, 2.24) is 68.8 Å². The van der Waals surface area contributed by atoms with Gasteiger partial charge in [0.2, 0.25) is 11.4 Å². The largest absolute Gasteiger partial charge is 2.00 e. The molecule has 5 aromatic carbocycles. The van der Waals surface area contributed by atoms with Crippen LogP contribution >= 0.6 is 0 Å². The van der Waals surface area contributed by atoms with Crippen LogP contribution in [0.5, 0.6) is 0 Å². The second kappa shape index (κ2) is 32.1. The van der Waals surface area contributed by atoms with Gasteiger partial charge < -0.3 is 19.9 Å². The first-order valence-electron chi connectivity index (χ1n) is 27.5. The fourth-order valence-electron chi connectivity index (χ4n) is 8.96. The second-order valence-corrected chi connectivity index (χ2v) is 23.2. The summed E-state index contributed by atoms with van der Waals surface area (Å²) in [6.07, 6.45) is 18.1. The van der Waals surface area contributed by atoms with Gasteiger partial charge in [0, 0.05) is 35.9 Å². The number of hydrogen-bond donors (Lipinski definition) is 0. The summed E-state index contributed by atoms with van der Waals surface area (Å²) in [6, 6.07) is 71.1. The Morgan fingerprint density at radius 2 is 1.00 bits per heavy atom. The van der Waals surface area contributed by atoms with Crippen molar-refractivity contribution in [2.75, 3.05) is 0 Å². The molecule has 0 fully saturated rings. The Hall–Kier alpha value is -9.54. The summed E-state index contributed by atoms with van der Waals surface area (Å²) in [5, 5.41) is 0. The summed E-state index contributed by atoms with van der Waals surface area (Å²) in [6.45, 7) is 0. The number of fused-ring (bicyclic) bond motifs is 1. The van der Waals surface area contributed by atoms with E-state index < -0.39 is 5.69 Å². The minimum absolute atomic E-state index is 0. The van der Waals surface area contributed by atoms with Crippen LogP contribution < -0.4 is 31.2 Å². The Kier molecular flexibility index (Phi) is 23.2. The van der Waals surface area contributed by atoms with E-state index in [0.29, 0.717) is 11.5 Å². The zero-order chi connectivity index (χ0) is 60.4. The monoisotopic (exact) mass is 1350 g/mol. The fraction of sp³-hybridized carbons (Fsp3) is 0. The number of benzene rings is 5. The van der Waals surface area contributed by atoms with Gasteiger partial charge in [-0.25, -0.2) is 9.97 Å². The average Bonchev–Trinajstić information content (AvgIpc) is 1.73. The van der Waals surface area contributed by atoms with E-state index in [0.717, 1.165) is 148 Å². The van der Waals surface area contributed by atoms with Crippen LogP contribution in [-0.4, -0.2) is 149 Å². The molecule has 10 aromatic heterocycles. The van der Waals surface area contributed by atoms with Crippen molar-refractivity contribution in [3.05, 3.63) is 301 Å². The molecule has 10 heterocycles. The molecule has 24 heteroatoms. The topological polar surface area (TPSA) is 218 Å². The first-order chi connectivity index (χ1) is 43.2. The van der Waals surface area contributed by atoms with Gasteiger partial charge >= 0.3 is 423 Å². The molecule has 15 aromatic rings. The fourth-order valence-corrected chi connectivity index (χ4v) is 11.1. The average molecular weight is 1360 g/mol. The number of para-hydroxylation sites is 4. The van der Waals surface area contributed by atoms with Gasteiger partial charge in [0.25, 0.3) is 0 Å². The third kappa shape index (κ3) is 16.4. The van der Waals surface area contributed by atoms with E-state index in [1.165, 1.54) is 6.33 Å². The molecule has 0 spiro atoms. The molecule has 0 atom stereocenters. The normalized spacial score (nSPS) is 10.3. The number of H-pyrrole nitrogens is 2. The van der Waals surface area contributed by atoms with Gasteiger partial charge in [-0.15, -0.1) is 0 Å². The van der Waals surface area contributed by atoms with Crippen LogP contribution in [-0.2, 0) is 0 Å². The van der Waals surface area contributed by atoms with E-state index >= 15 is 0 Å². The summed E-state index contributed by atoms with van der Waals surface area (Å²) < 4.78 is 9.82. The number of rotatable bonds is 9. The molecular weight excluding hydrogens is 1310 g/mol. The Morgan fingerprint density at radius 3 is 1.56 bits per heavy atom. The van der Waals surface area contributed by atoms with Crippen molar-refractivity contribution in [1.29, 1.82) is 0 Å². The third-order valence-electron chi connectivity index (χ3n) is 13.2. The molecule has 0 aliphatic rings. The SMILES string of the molecule is O=c1cccc(-c2cn(-c3ccccc3)c(-c3ccccc3)n2)[n]1[GaH].O=c1nc[n]([GaH])c(-c2ccccn2)n1.[Be+2].[GaH][n]1ccnc1-c1cn(-c2ccccc2)c(-c2ccccc2)n1.[Mg+2].c1ccc(-c2nc3ccccc3[n-]2)[nH+]c1.c1ccc(-c2ncc[n-]2)[nH+]c1. The van der Waals surface area contributed by atoms with Crippen molar-refractivity contribution in [3.8, 4) is 91.6 Å². The summed E-state index contributed by atoms with van der Waals surface area (Å²) in [5.74, 6) is 4.76. The zero-order valence-corrected chi connectivity index (χ0v) is 58.9. The van der Waals surface area contributed by atoms with Crippen LogP contribution in [0.2, 0.25) is 0 Å². The first kappa shape index (κ1) is 64.9.